The summed E-state index contributed by atoms with van der Waals surface area (Å²) in [5.74, 6) is 0. The van der Waals surface area contributed by atoms with E-state index in [0.717, 1.165) is 0 Å². The predicted molar refractivity (Wildman–Crippen MR) is 85.8 cm³/mol. The Hall–Kier alpha value is -0.650. The fourth-order valence-corrected chi connectivity index (χ4v) is 4.00. The standard InChI is InChI=1S/C14H9IS2/c15-14-13(6-8-17-14)11-3-1-10(2-4-11)12-5-7-16-9-12/h1-9H. The van der Waals surface area contributed by atoms with Crippen molar-refractivity contribution in [2.24, 2.45) is 0 Å². The van der Waals surface area contributed by atoms with Crippen LogP contribution >= 0.6 is 45.3 Å². The number of thiophene rings is 2. The van der Waals surface area contributed by atoms with Crippen molar-refractivity contribution in [2.75, 3.05) is 0 Å². The molecule has 1 aromatic carbocycles. The molecule has 0 unspecified atom stereocenters. The summed E-state index contributed by atoms with van der Waals surface area (Å²) in [6, 6.07) is 13.2. The smallest absolute Gasteiger partial charge is 0.0731 e. The maximum absolute atomic E-state index is 2.40. The van der Waals surface area contributed by atoms with E-state index in [9.17, 15) is 0 Å². The molecule has 2 heterocycles. The van der Waals surface area contributed by atoms with E-state index in [0.29, 0.717) is 0 Å². The van der Waals surface area contributed by atoms with E-state index in [2.05, 4.69) is 75.1 Å². The second kappa shape index (κ2) is 4.92. The van der Waals surface area contributed by atoms with Crippen LogP contribution in [0.1, 0.15) is 0 Å². The van der Waals surface area contributed by atoms with Gasteiger partial charge in [0, 0.05) is 5.56 Å². The van der Waals surface area contributed by atoms with Gasteiger partial charge in [-0.25, -0.2) is 0 Å². The molecular weight excluding hydrogens is 359 g/mol. The molecule has 0 spiro atoms. The van der Waals surface area contributed by atoms with Gasteiger partial charge in [-0.1, -0.05) is 24.3 Å². The Morgan fingerprint density at radius 3 is 2.12 bits per heavy atom. The minimum Gasteiger partial charge on any atom is -0.152 e. The minimum absolute atomic E-state index is 1.29. The number of rotatable bonds is 2. The summed E-state index contributed by atoms with van der Waals surface area (Å²) < 4.78 is 1.35. The molecule has 0 saturated carbocycles. The normalized spacial score (nSPS) is 10.6. The van der Waals surface area contributed by atoms with Crippen molar-refractivity contribution in [3.05, 3.63) is 55.4 Å². The summed E-state index contributed by atoms with van der Waals surface area (Å²) in [5.41, 5.74) is 5.24. The third-order valence-electron chi connectivity index (χ3n) is 2.67. The van der Waals surface area contributed by atoms with Gasteiger partial charge in [-0.3, -0.25) is 0 Å². The van der Waals surface area contributed by atoms with Gasteiger partial charge in [0.2, 0.25) is 0 Å². The number of hydrogen-bond donors (Lipinski definition) is 0. The molecule has 0 nitrogen and oxygen atoms in total. The fourth-order valence-electron chi connectivity index (χ4n) is 1.77. The van der Waals surface area contributed by atoms with Gasteiger partial charge in [0.05, 0.1) is 2.88 Å². The van der Waals surface area contributed by atoms with Crippen LogP contribution in [-0.4, -0.2) is 0 Å². The first-order valence-corrected chi connectivity index (χ1v) is 8.11. The molecule has 3 heteroatoms. The summed E-state index contributed by atoms with van der Waals surface area (Å²) in [4.78, 5) is 0. The van der Waals surface area contributed by atoms with Crippen molar-refractivity contribution in [2.45, 2.75) is 0 Å². The van der Waals surface area contributed by atoms with Crippen molar-refractivity contribution < 1.29 is 0 Å². The molecule has 0 radical (unpaired) electrons. The molecule has 0 aliphatic rings. The zero-order valence-corrected chi connectivity index (χ0v) is 12.7. The SMILES string of the molecule is Ic1sccc1-c1ccc(-c2ccsc2)cc1. The highest BCUT2D eigenvalue weighted by Gasteiger charge is 2.04. The molecule has 0 fully saturated rings. The Balaban J connectivity index is 1.99. The van der Waals surface area contributed by atoms with Crippen molar-refractivity contribution in [3.8, 4) is 22.3 Å². The van der Waals surface area contributed by atoms with Crippen LogP contribution < -0.4 is 0 Å². The van der Waals surface area contributed by atoms with E-state index in [-0.39, 0.29) is 0 Å². The molecular formula is C14H9IS2. The molecule has 0 atom stereocenters. The molecule has 0 aliphatic heterocycles. The zero-order chi connectivity index (χ0) is 11.7. The molecule has 0 bridgehead atoms. The zero-order valence-electron chi connectivity index (χ0n) is 8.89. The lowest BCUT2D eigenvalue weighted by Crippen LogP contribution is -1.78. The average Bonchev–Trinajstić information content (AvgIpc) is 3.00. The van der Waals surface area contributed by atoms with E-state index in [4.69, 9.17) is 0 Å². The molecule has 3 rings (SSSR count). The van der Waals surface area contributed by atoms with E-state index < -0.39 is 0 Å². The molecule has 2 aromatic heterocycles. The summed E-state index contributed by atoms with van der Waals surface area (Å²) >= 11 is 5.93. The van der Waals surface area contributed by atoms with Crippen molar-refractivity contribution in [1.82, 2.24) is 0 Å². The largest absolute Gasteiger partial charge is 0.152 e. The van der Waals surface area contributed by atoms with Crippen LogP contribution in [0.3, 0.4) is 0 Å². The van der Waals surface area contributed by atoms with Crippen LogP contribution in [0.2, 0.25) is 0 Å². The molecule has 84 valence electrons. The minimum atomic E-state index is 1.29. The molecule has 0 amide bonds. The molecule has 0 saturated heterocycles. The first kappa shape index (κ1) is 11.4. The quantitative estimate of drug-likeness (QED) is 0.506. The maximum atomic E-state index is 2.40. The van der Waals surface area contributed by atoms with Gasteiger partial charge >= 0.3 is 0 Å². The van der Waals surface area contributed by atoms with Crippen LogP contribution in [0.25, 0.3) is 22.3 Å². The third-order valence-corrected chi connectivity index (χ3v) is 5.39. The summed E-state index contributed by atoms with van der Waals surface area (Å²) in [7, 11) is 0. The Morgan fingerprint density at radius 2 is 1.53 bits per heavy atom. The lowest BCUT2D eigenvalue weighted by Gasteiger charge is -2.02. The van der Waals surface area contributed by atoms with Gasteiger partial charge < -0.3 is 0 Å². The van der Waals surface area contributed by atoms with Crippen LogP contribution in [0.5, 0.6) is 0 Å². The van der Waals surface area contributed by atoms with E-state index in [1.807, 2.05) is 0 Å². The van der Waals surface area contributed by atoms with Crippen molar-refractivity contribution in [3.63, 3.8) is 0 Å². The van der Waals surface area contributed by atoms with E-state index in [1.54, 1.807) is 22.7 Å². The first-order chi connectivity index (χ1) is 8.34. The van der Waals surface area contributed by atoms with Gasteiger partial charge in [0.1, 0.15) is 0 Å². The van der Waals surface area contributed by atoms with Crippen LogP contribution in [-0.2, 0) is 0 Å². The number of benzene rings is 1. The first-order valence-electron chi connectivity index (χ1n) is 5.20. The highest BCUT2D eigenvalue weighted by Crippen LogP contribution is 2.31. The highest BCUT2D eigenvalue weighted by atomic mass is 127. The van der Waals surface area contributed by atoms with Gasteiger partial charge in [-0.2, -0.15) is 11.3 Å². The maximum Gasteiger partial charge on any atom is 0.0731 e. The Kier molecular flexibility index (Phi) is 3.31. The van der Waals surface area contributed by atoms with E-state index in [1.165, 1.54) is 25.1 Å². The summed E-state index contributed by atoms with van der Waals surface area (Å²) in [6.45, 7) is 0. The van der Waals surface area contributed by atoms with Crippen LogP contribution in [0, 0.1) is 2.88 Å². The van der Waals surface area contributed by atoms with Crippen LogP contribution in [0.4, 0.5) is 0 Å². The number of hydrogen-bond acceptors (Lipinski definition) is 2. The Morgan fingerprint density at radius 1 is 0.765 bits per heavy atom. The third kappa shape index (κ3) is 2.32. The Labute approximate surface area is 122 Å². The van der Waals surface area contributed by atoms with Gasteiger partial charge in [0.15, 0.2) is 0 Å². The highest BCUT2D eigenvalue weighted by molar-refractivity contribution is 14.1. The predicted octanol–water partition coefficient (Wildman–Crippen LogP) is 5.75. The second-order valence-electron chi connectivity index (χ2n) is 3.70. The average molecular weight is 368 g/mol. The van der Waals surface area contributed by atoms with Crippen molar-refractivity contribution >= 4 is 45.3 Å². The lowest BCUT2D eigenvalue weighted by molar-refractivity contribution is 1.64. The fraction of sp³-hybridized carbons (Fsp3) is 0. The summed E-state index contributed by atoms with van der Waals surface area (Å²) in [6.07, 6.45) is 0. The summed E-state index contributed by atoms with van der Waals surface area (Å²) in [5, 5.41) is 6.44. The van der Waals surface area contributed by atoms with Gasteiger partial charge in [0.25, 0.3) is 0 Å². The Bertz CT molecular complexity index is 606. The molecule has 0 N–H and O–H groups in total. The second-order valence-corrected chi connectivity index (χ2v) is 7.20. The topological polar surface area (TPSA) is 0 Å². The van der Waals surface area contributed by atoms with Gasteiger partial charge in [-0.15, -0.1) is 11.3 Å². The molecule has 3 aromatic rings. The lowest BCUT2D eigenvalue weighted by atomic mass is 10.0. The molecule has 17 heavy (non-hydrogen) atoms. The van der Waals surface area contributed by atoms with Gasteiger partial charge in [-0.05, 0) is 67.6 Å². The monoisotopic (exact) mass is 368 g/mol. The van der Waals surface area contributed by atoms with E-state index >= 15 is 0 Å². The number of halogens is 1. The van der Waals surface area contributed by atoms with Crippen LogP contribution in [0.15, 0.2) is 52.5 Å². The van der Waals surface area contributed by atoms with Crippen molar-refractivity contribution in [1.29, 1.82) is 0 Å². The molecule has 0 aliphatic carbocycles.